The third-order valence-corrected chi connectivity index (χ3v) is 3.77. The van der Waals surface area contributed by atoms with Crippen molar-refractivity contribution in [3.63, 3.8) is 0 Å². The van der Waals surface area contributed by atoms with E-state index in [9.17, 15) is 0 Å². The number of nitrogen functional groups attached to an aromatic ring is 1. The molecule has 0 bridgehead atoms. The number of nitrogens with two attached hydrogens (primary N) is 1. The predicted octanol–water partition coefficient (Wildman–Crippen LogP) is 4.61. The smallest absolute Gasteiger partial charge is 0.183 e. The van der Waals surface area contributed by atoms with E-state index >= 15 is 0 Å². The van der Waals surface area contributed by atoms with Crippen LogP contribution in [0.25, 0.3) is 22.9 Å². The fourth-order valence-electron chi connectivity index (χ4n) is 2.62. The van der Waals surface area contributed by atoms with Gasteiger partial charge in [0.2, 0.25) is 0 Å². The predicted molar refractivity (Wildman–Crippen MR) is 96.8 cm³/mol. The van der Waals surface area contributed by atoms with Crippen LogP contribution in [0.3, 0.4) is 0 Å². The van der Waals surface area contributed by atoms with Crippen molar-refractivity contribution in [3.05, 3.63) is 65.7 Å². The first kappa shape index (κ1) is 15.0. The van der Waals surface area contributed by atoms with E-state index < -0.39 is 0 Å². The molecule has 116 valence electrons. The Hall–Kier alpha value is -2.94. The SMILES string of the molecule is COc1cc(/C=C/c2ccc3ccccc3c2)cc(N)c1OC. The average Bonchev–Trinajstić information content (AvgIpc) is 2.59. The third-order valence-electron chi connectivity index (χ3n) is 3.77. The lowest BCUT2D eigenvalue weighted by Crippen LogP contribution is -1.96. The Bertz CT molecular complexity index is 869. The number of ether oxygens (including phenoxy) is 2. The van der Waals surface area contributed by atoms with Crippen LogP contribution in [0.1, 0.15) is 11.1 Å². The summed E-state index contributed by atoms with van der Waals surface area (Å²) in [5.74, 6) is 1.20. The first-order chi connectivity index (χ1) is 11.2. The number of anilines is 1. The van der Waals surface area contributed by atoms with Crippen LogP contribution in [0, 0.1) is 0 Å². The Labute approximate surface area is 136 Å². The lowest BCUT2D eigenvalue weighted by atomic mass is 10.1. The van der Waals surface area contributed by atoms with Crippen molar-refractivity contribution in [2.75, 3.05) is 20.0 Å². The Morgan fingerprint density at radius 3 is 2.26 bits per heavy atom. The molecule has 3 aromatic carbocycles. The molecule has 0 saturated heterocycles. The summed E-state index contributed by atoms with van der Waals surface area (Å²) in [5.41, 5.74) is 8.68. The zero-order valence-electron chi connectivity index (χ0n) is 13.2. The van der Waals surface area contributed by atoms with Gasteiger partial charge < -0.3 is 15.2 Å². The first-order valence-corrected chi connectivity index (χ1v) is 7.39. The lowest BCUT2D eigenvalue weighted by Gasteiger charge is -2.11. The van der Waals surface area contributed by atoms with Gasteiger partial charge in [0.15, 0.2) is 11.5 Å². The van der Waals surface area contributed by atoms with Gasteiger partial charge in [-0.05, 0) is 40.1 Å². The molecule has 0 saturated carbocycles. The van der Waals surface area contributed by atoms with Crippen molar-refractivity contribution in [2.24, 2.45) is 0 Å². The Balaban J connectivity index is 1.93. The van der Waals surface area contributed by atoms with E-state index in [0.717, 1.165) is 11.1 Å². The van der Waals surface area contributed by atoms with Gasteiger partial charge >= 0.3 is 0 Å². The minimum absolute atomic E-state index is 0.560. The lowest BCUT2D eigenvalue weighted by molar-refractivity contribution is 0.356. The van der Waals surface area contributed by atoms with Crippen LogP contribution in [0.4, 0.5) is 5.69 Å². The number of rotatable bonds is 4. The Kier molecular flexibility index (Phi) is 4.20. The van der Waals surface area contributed by atoms with Crippen molar-refractivity contribution >= 4 is 28.6 Å². The maximum absolute atomic E-state index is 6.01. The highest BCUT2D eigenvalue weighted by molar-refractivity contribution is 5.86. The van der Waals surface area contributed by atoms with Crippen molar-refractivity contribution in [1.82, 2.24) is 0 Å². The van der Waals surface area contributed by atoms with Crippen LogP contribution in [-0.2, 0) is 0 Å². The average molecular weight is 305 g/mol. The number of benzene rings is 3. The molecule has 0 aliphatic heterocycles. The minimum Gasteiger partial charge on any atom is -0.493 e. The van der Waals surface area contributed by atoms with Crippen LogP contribution in [-0.4, -0.2) is 14.2 Å². The van der Waals surface area contributed by atoms with E-state index in [1.54, 1.807) is 14.2 Å². The highest BCUT2D eigenvalue weighted by Crippen LogP contribution is 2.35. The summed E-state index contributed by atoms with van der Waals surface area (Å²) in [6.45, 7) is 0. The van der Waals surface area contributed by atoms with Crippen LogP contribution in [0.2, 0.25) is 0 Å². The maximum Gasteiger partial charge on any atom is 0.183 e. The van der Waals surface area contributed by atoms with Gasteiger partial charge in [0.1, 0.15) is 0 Å². The van der Waals surface area contributed by atoms with Gasteiger partial charge in [0.25, 0.3) is 0 Å². The molecule has 3 nitrogen and oxygen atoms in total. The van der Waals surface area contributed by atoms with Crippen molar-refractivity contribution in [2.45, 2.75) is 0 Å². The van der Waals surface area contributed by atoms with Gasteiger partial charge in [-0.3, -0.25) is 0 Å². The van der Waals surface area contributed by atoms with E-state index in [4.69, 9.17) is 15.2 Å². The van der Waals surface area contributed by atoms with Crippen LogP contribution in [0.15, 0.2) is 54.6 Å². The molecule has 0 aliphatic carbocycles. The molecule has 0 fully saturated rings. The molecule has 3 rings (SSSR count). The van der Waals surface area contributed by atoms with E-state index in [1.807, 2.05) is 30.3 Å². The molecule has 23 heavy (non-hydrogen) atoms. The molecular formula is C20H19NO2. The molecule has 0 heterocycles. The van der Waals surface area contributed by atoms with Crippen molar-refractivity contribution in [1.29, 1.82) is 0 Å². The molecule has 0 radical (unpaired) electrons. The van der Waals surface area contributed by atoms with Gasteiger partial charge in [-0.25, -0.2) is 0 Å². The third kappa shape index (κ3) is 3.14. The molecule has 0 aromatic heterocycles. The fourth-order valence-corrected chi connectivity index (χ4v) is 2.62. The molecule has 0 spiro atoms. The van der Waals surface area contributed by atoms with Crippen LogP contribution < -0.4 is 15.2 Å². The second-order valence-electron chi connectivity index (χ2n) is 5.29. The highest BCUT2D eigenvalue weighted by Gasteiger charge is 2.08. The molecule has 2 N–H and O–H groups in total. The molecule has 0 amide bonds. The summed E-state index contributed by atoms with van der Waals surface area (Å²) in [6.07, 6.45) is 4.08. The normalized spacial score (nSPS) is 11.0. The van der Waals surface area contributed by atoms with Crippen LogP contribution in [0.5, 0.6) is 11.5 Å². The van der Waals surface area contributed by atoms with E-state index in [0.29, 0.717) is 17.2 Å². The second-order valence-corrected chi connectivity index (χ2v) is 5.29. The fraction of sp³-hybridized carbons (Fsp3) is 0.100. The number of hydrogen-bond acceptors (Lipinski definition) is 3. The molecule has 0 aliphatic rings. The van der Waals surface area contributed by atoms with Gasteiger partial charge in [0.05, 0.1) is 19.9 Å². The summed E-state index contributed by atoms with van der Waals surface area (Å²) in [5, 5.41) is 2.46. The summed E-state index contributed by atoms with van der Waals surface area (Å²) in [7, 11) is 3.19. The Morgan fingerprint density at radius 2 is 1.52 bits per heavy atom. The largest absolute Gasteiger partial charge is 0.493 e. The number of hydrogen-bond donors (Lipinski definition) is 1. The van der Waals surface area contributed by atoms with E-state index in [1.165, 1.54) is 10.8 Å². The summed E-state index contributed by atoms with van der Waals surface area (Å²) in [6, 6.07) is 18.5. The molecular weight excluding hydrogens is 286 g/mol. The number of methoxy groups -OCH3 is 2. The van der Waals surface area contributed by atoms with Gasteiger partial charge in [-0.2, -0.15) is 0 Å². The summed E-state index contributed by atoms with van der Waals surface area (Å²) >= 11 is 0. The van der Waals surface area contributed by atoms with Crippen LogP contribution >= 0.6 is 0 Å². The molecule has 3 heteroatoms. The zero-order valence-corrected chi connectivity index (χ0v) is 13.2. The Morgan fingerprint density at radius 1 is 0.783 bits per heavy atom. The van der Waals surface area contributed by atoms with Crippen molar-refractivity contribution in [3.8, 4) is 11.5 Å². The highest BCUT2D eigenvalue weighted by atomic mass is 16.5. The maximum atomic E-state index is 6.01. The topological polar surface area (TPSA) is 44.5 Å². The van der Waals surface area contributed by atoms with Gasteiger partial charge in [0, 0.05) is 0 Å². The zero-order chi connectivity index (χ0) is 16.2. The molecule has 0 atom stereocenters. The van der Waals surface area contributed by atoms with E-state index in [-0.39, 0.29) is 0 Å². The minimum atomic E-state index is 0.560. The number of fused-ring (bicyclic) bond motifs is 1. The molecule has 0 unspecified atom stereocenters. The second kappa shape index (κ2) is 6.44. The van der Waals surface area contributed by atoms with Gasteiger partial charge in [-0.1, -0.05) is 48.6 Å². The van der Waals surface area contributed by atoms with Crippen molar-refractivity contribution < 1.29 is 9.47 Å². The van der Waals surface area contributed by atoms with E-state index in [2.05, 4.69) is 36.4 Å². The van der Waals surface area contributed by atoms with Gasteiger partial charge in [-0.15, -0.1) is 0 Å². The summed E-state index contributed by atoms with van der Waals surface area (Å²) in [4.78, 5) is 0. The first-order valence-electron chi connectivity index (χ1n) is 7.39. The quantitative estimate of drug-likeness (QED) is 0.565. The standard InChI is InChI=1S/C20H19NO2/c1-22-19-13-15(12-18(21)20(19)23-2)8-7-14-9-10-16-5-3-4-6-17(16)11-14/h3-13H,21H2,1-2H3/b8-7+. The summed E-state index contributed by atoms with van der Waals surface area (Å²) < 4.78 is 10.6. The molecule has 3 aromatic rings. The monoisotopic (exact) mass is 305 g/mol.